The maximum Gasteiger partial charge on any atom is 0.340 e. The van der Waals surface area contributed by atoms with E-state index in [1.807, 2.05) is 19.1 Å². The maximum atomic E-state index is 12.3. The number of fused-ring (bicyclic) bond motifs is 1. The summed E-state index contributed by atoms with van der Waals surface area (Å²) in [6.45, 7) is 4.12. The van der Waals surface area contributed by atoms with Gasteiger partial charge in [0.1, 0.15) is 0 Å². The highest BCUT2D eigenvalue weighted by Gasteiger charge is 2.20. The minimum absolute atomic E-state index is 0.0421. The van der Waals surface area contributed by atoms with Gasteiger partial charge in [-0.1, -0.05) is 13.3 Å². The Morgan fingerprint density at radius 3 is 2.71 bits per heavy atom. The van der Waals surface area contributed by atoms with Crippen LogP contribution in [0.1, 0.15) is 54.0 Å². The predicted octanol–water partition coefficient (Wildman–Crippen LogP) is 4.25. The molecule has 0 bridgehead atoms. The molecule has 2 rings (SSSR count). The number of aromatic nitrogens is 1. The molecule has 2 aromatic rings. The normalized spacial score (nSPS) is 10.8. The second kappa shape index (κ2) is 6.89. The first-order chi connectivity index (χ1) is 10.1. The predicted molar refractivity (Wildman–Crippen MR) is 84.9 cm³/mol. The van der Waals surface area contributed by atoms with Crippen molar-refractivity contribution in [3.63, 3.8) is 0 Å². The van der Waals surface area contributed by atoms with Gasteiger partial charge >= 0.3 is 5.97 Å². The number of carbonyl (C=O) groups excluding carboxylic acids is 2. The van der Waals surface area contributed by atoms with Gasteiger partial charge in [0.15, 0.2) is 5.78 Å². The Hall–Kier alpha value is -1.62. The molecule has 0 amide bonds. The monoisotopic (exact) mass is 351 g/mol. The number of unbranched alkanes of at least 4 members (excludes halogenated alkanes) is 1. The van der Waals surface area contributed by atoms with E-state index in [1.165, 1.54) is 0 Å². The molecule has 0 fully saturated rings. The van der Waals surface area contributed by atoms with Crippen molar-refractivity contribution in [2.45, 2.75) is 33.1 Å². The fourth-order valence-corrected chi connectivity index (χ4v) is 2.56. The van der Waals surface area contributed by atoms with Gasteiger partial charge in [-0.05, 0) is 47.5 Å². The molecule has 0 atom stereocenters. The lowest BCUT2D eigenvalue weighted by molar-refractivity contribution is 0.0529. The van der Waals surface area contributed by atoms with Crippen LogP contribution < -0.4 is 0 Å². The lowest BCUT2D eigenvalue weighted by Crippen LogP contribution is -2.03. The number of pyridine rings is 1. The number of hydrogen-bond acceptors (Lipinski definition) is 3. The van der Waals surface area contributed by atoms with E-state index >= 15 is 0 Å². The molecule has 112 valence electrons. The Labute approximate surface area is 132 Å². The van der Waals surface area contributed by atoms with Gasteiger partial charge in [-0.15, -0.1) is 0 Å². The molecule has 0 aliphatic heterocycles. The first-order valence-electron chi connectivity index (χ1n) is 7.09. The number of hydrogen-bond donors (Lipinski definition) is 0. The Morgan fingerprint density at radius 2 is 2.05 bits per heavy atom. The van der Waals surface area contributed by atoms with Crippen LogP contribution in [0.2, 0.25) is 0 Å². The van der Waals surface area contributed by atoms with E-state index in [0.29, 0.717) is 29.8 Å². The lowest BCUT2D eigenvalue weighted by atomic mass is 10.1. The number of esters is 1. The summed E-state index contributed by atoms with van der Waals surface area (Å²) in [5.74, 6) is -0.354. The minimum atomic E-state index is -0.396. The second-order valence-electron chi connectivity index (χ2n) is 4.79. The van der Waals surface area contributed by atoms with Crippen LogP contribution in [-0.2, 0) is 4.74 Å². The van der Waals surface area contributed by atoms with E-state index in [1.54, 1.807) is 23.6 Å². The standard InChI is InChI=1S/C16H18BrNO3/c1-3-5-6-15(19)14-9-12(16(20)21-4-2)13-8-7-11(17)10-18(13)14/h7-10H,3-6H2,1-2H3. The third kappa shape index (κ3) is 3.35. The molecule has 0 radical (unpaired) electrons. The van der Waals surface area contributed by atoms with E-state index < -0.39 is 5.97 Å². The number of nitrogens with zero attached hydrogens (tertiary/aromatic N) is 1. The Kier molecular flexibility index (Phi) is 5.17. The van der Waals surface area contributed by atoms with Crippen LogP contribution in [0.15, 0.2) is 28.9 Å². The molecular weight excluding hydrogens is 334 g/mol. The van der Waals surface area contributed by atoms with Gasteiger partial charge in [0, 0.05) is 17.1 Å². The zero-order valence-corrected chi connectivity index (χ0v) is 13.8. The molecule has 2 heterocycles. The van der Waals surface area contributed by atoms with Crippen molar-refractivity contribution in [2.75, 3.05) is 6.61 Å². The molecule has 0 saturated heterocycles. The van der Waals surface area contributed by atoms with Crippen molar-refractivity contribution in [1.29, 1.82) is 0 Å². The van der Waals surface area contributed by atoms with Gasteiger partial charge in [0.2, 0.25) is 0 Å². The van der Waals surface area contributed by atoms with Crippen LogP contribution in [-0.4, -0.2) is 22.8 Å². The average Bonchev–Trinajstić information content (AvgIpc) is 2.83. The number of ether oxygens (including phenoxy) is 1. The highest BCUT2D eigenvalue weighted by atomic mass is 79.9. The quantitative estimate of drug-likeness (QED) is 0.577. The SMILES string of the molecule is CCCCC(=O)c1cc(C(=O)OCC)c2ccc(Br)cn12. The van der Waals surface area contributed by atoms with Crippen molar-refractivity contribution in [2.24, 2.45) is 0 Å². The van der Waals surface area contributed by atoms with Gasteiger partial charge in [-0.25, -0.2) is 4.79 Å². The minimum Gasteiger partial charge on any atom is -0.462 e. The van der Waals surface area contributed by atoms with Crippen LogP contribution in [0, 0.1) is 0 Å². The molecule has 21 heavy (non-hydrogen) atoms. The van der Waals surface area contributed by atoms with Gasteiger partial charge in [-0.2, -0.15) is 0 Å². The van der Waals surface area contributed by atoms with E-state index in [-0.39, 0.29) is 5.78 Å². The Bertz CT molecular complexity index is 675. The lowest BCUT2D eigenvalue weighted by Gasteiger charge is -2.03. The summed E-state index contributed by atoms with van der Waals surface area (Å²) in [5.41, 5.74) is 1.66. The number of carbonyl (C=O) groups is 2. The highest BCUT2D eigenvalue weighted by molar-refractivity contribution is 9.10. The molecule has 0 unspecified atom stereocenters. The molecule has 0 spiro atoms. The number of rotatable bonds is 6. The van der Waals surface area contributed by atoms with Gasteiger partial charge < -0.3 is 9.14 Å². The molecule has 0 aromatic carbocycles. The van der Waals surface area contributed by atoms with Crippen molar-refractivity contribution >= 4 is 33.2 Å². The second-order valence-corrected chi connectivity index (χ2v) is 5.71. The summed E-state index contributed by atoms with van der Waals surface area (Å²) in [6, 6.07) is 5.29. The fourth-order valence-electron chi connectivity index (χ4n) is 2.23. The average molecular weight is 352 g/mol. The zero-order valence-electron chi connectivity index (χ0n) is 12.2. The first-order valence-corrected chi connectivity index (χ1v) is 7.88. The molecule has 0 aliphatic carbocycles. The summed E-state index contributed by atoms with van der Waals surface area (Å²) >= 11 is 3.40. The largest absolute Gasteiger partial charge is 0.462 e. The van der Waals surface area contributed by atoms with E-state index in [0.717, 1.165) is 17.3 Å². The molecule has 0 aliphatic rings. The third-order valence-electron chi connectivity index (χ3n) is 3.27. The smallest absolute Gasteiger partial charge is 0.340 e. The number of halogens is 1. The molecule has 2 aromatic heterocycles. The maximum absolute atomic E-state index is 12.3. The number of ketones is 1. The highest BCUT2D eigenvalue weighted by Crippen LogP contribution is 2.23. The van der Waals surface area contributed by atoms with Gasteiger partial charge in [0.25, 0.3) is 0 Å². The van der Waals surface area contributed by atoms with Crippen molar-refractivity contribution in [3.05, 3.63) is 40.1 Å². The third-order valence-corrected chi connectivity index (χ3v) is 3.74. The topological polar surface area (TPSA) is 47.8 Å². The number of Topliss-reactive ketones (excluding diaryl/α,β-unsaturated/α-hetero) is 1. The zero-order chi connectivity index (χ0) is 15.4. The van der Waals surface area contributed by atoms with Gasteiger partial charge in [-0.3, -0.25) is 4.79 Å². The molecule has 5 heteroatoms. The summed E-state index contributed by atoms with van der Waals surface area (Å²) in [7, 11) is 0. The summed E-state index contributed by atoms with van der Waals surface area (Å²) < 4.78 is 7.68. The Balaban J connectivity index is 2.52. The van der Waals surface area contributed by atoms with Crippen molar-refractivity contribution < 1.29 is 14.3 Å². The molecule has 4 nitrogen and oxygen atoms in total. The van der Waals surface area contributed by atoms with E-state index in [2.05, 4.69) is 15.9 Å². The first kappa shape index (κ1) is 15.8. The summed E-state index contributed by atoms with van der Waals surface area (Å²) in [6.07, 6.45) is 4.09. The van der Waals surface area contributed by atoms with E-state index in [4.69, 9.17) is 4.74 Å². The molecule has 0 N–H and O–H groups in total. The molecular formula is C16H18BrNO3. The Morgan fingerprint density at radius 1 is 1.29 bits per heavy atom. The van der Waals surface area contributed by atoms with Crippen LogP contribution in [0.25, 0.3) is 5.52 Å². The molecule has 0 saturated carbocycles. The van der Waals surface area contributed by atoms with E-state index in [9.17, 15) is 9.59 Å². The van der Waals surface area contributed by atoms with Crippen LogP contribution >= 0.6 is 15.9 Å². The van der Waals surface area contributed by atoms with Gasteiger partial charge in [0.05, 0.1) is 23.4 Å². The summed E-state index contributed by atoms with van der Waals surface area (Å²) in [4.78, 5) is 24.4. The van der Waals surface area contributed by atoms with Crippen LogP contribution in [0.3, 0.4) is 0 Å². The van der Waals surface area contributed by atoms with Crippen molar-refractivity contribution in [3.8, 4) is 0 Å². The van der Waals surface area contributed by atoms with Crippen LogP contribution in [0.5, 0.6) is 0 Å². The summed E-state index contributed by atoms with van der Waals surface area (Å²) in [5, 5.41) is 0. The van der Waals surface area contributed by atoms with Crippen molar-refractivity contribution in [1.82, 2.24) is 4.40 Å². The fraction of sp³-hybridized carbons (Fsp3) is 0.375. The van der Waals surface area contributed by atoms with Crippen LogP contribution in [0.4, 0.5) is 0 Å².